The molecular formula is C51H31N3OS. The average Bonchev–Trinajstić information content (AvgIpc) is 3.84. The molecule has 0 amide bonds. The molecule has 11 aromatic rings. The summed E-state index contributed by atoms with van der Waals surface area (Å²) in [6.07, 6.45) is 0. The number of furan rings is 1. The second-order valence-electron chi connectivity index (χ2n) is 14.0. The standard InChI is InChI=1S/C51H31N3OS/c1-4-11-32(12-5-1)34-19-21-36(22-20-34)50-52-49(35-15-8-3-9-16-35)53-51(54-50)41-18-10-17-40-42-29-38(23-26-45(42)55-48(40)41)39-25-28-47-44(31-39)43-30-37(24-27-46(43)56-47)33-13-6-2-7-14-33/h1-31H. The molecule has 0 saturated carbocycles. The second-order valence-corrected chi connectivity index (χ2v) is 15.1. The largest absolute Gasteiger partial charge is 0.455 e. The van der Waals surface area contributed by atoms with Crippen LogP contribution >= 0.6 is 11.3 Å². The van der Waals surface area contributed by atoms with Gasteiger partial charge in [-0.05, 0) is 75.8 Å². The van der Waals surface area contributed by atoms with Crippen molar-refractivity contribution in [1.82, 2.24) is 15.0 Å². The van der Waals surface area contributed by atoms with Crippen LogP contribution in [0.4, 0.5) is 0 Å². The fraction of sp³-hybridized carbons (Fsp3) is 0. The third-order valence-corrected chi connectivity index (χ3v) is 11.7. The highest BCUT2D eigenvalue weighted by molar-refractivity contribution is 7.25. The minimum absolute atomic E-state index is 0.565. The SMILES string of the molecule is c1ccc(-c2ccc(-c3nc(-c4ccccc4)nc(-c4cccc5c4oc4ccc(-c6ccc7sc8ccc(-c9ccccc9)cc8c7c6)cc45)n3)cc2)cc1. The van der Waals surface area contributed by atoms with Crippen LogP contribution < -0.4 is 0 Å². The van der Waals surface area contributed by atoms with Crippen molar-refractivity contribution in [2.75, 3.05) is 0 Å². The maximum atomic E-state index is 6.66. The molecule has 0 spiro atoms. The lowest BCUT2D eigenvalue weighted by Crippen LogP contribution is -2.00. The van der Waals surface area contributed by atoms with Crippen LogP contribution in [0.15, 0.2) is 192 Å². The summed E-state index contributed by atoms with van der Waals surface area (Å²) < 4.78 is 9.23. The smallest absolute Gasteiger partial charge is 0.167 e. The summed E-state index contributed by atoms with van der Waals surface area (Å²) in [5, 5.41) is 4.63. The number of hydrogen-bond donors (Lipinski definition) is 0. The van der Waals surface area contributed by atoms with Gasteiger partial charge in [-0.2, -0.15) is 0 Å². The molecule has 0 bridgehead atoms. The monoisotopic (exact) mass is 733 g/mol. The molecule has 8 aromatic carbocycles. The summed E-state index contributed by atoms with van der Waals surface area (Å²) in [4.78, 5) is 15.1. The normalized spacial score (nSPS) is 11.6. The van der Waals surface area contributed by atoms with E-state index in [1.807, 2.05) is 53.8 Å². The average molecular weight is 734 g/mol. The molecule has 56 heavy (non-hydrogen) atoms. The molecule has 0 radical (unpaired) electrons. The highest BCUT2D eigenvalue weighted by atomic mass is 32.1. The van der Waals surface area contributed by atoms with Crippen LogP contribution in [-0.2, 0) is 0 Å². The van der Waals surface area contributed by atoms with Gasteiger partial charge in [-0.3, -0.25) is 0 Å². The fourth-order valence-corrected chi connectivity index (χ4v) is 8.77. The van der Waals surface area contributed by atoms with Crippen LogP contribution in [0.2, 0.25) is 0 Å². The Labute approximate surface area is 327 Å². The van der Waals surface area contributed by atoms with Gasteiger partial charge >= 0.3 is 0 Å². The van der Waals surface area contributed by atoms with Gasteiger partial charge in [-0.1, -0.05) is 146 Å². The first-order valence-corrected chi connectivity index (χ1v) is 19.5. The molecule has 0 aliphatic rings. The lowest BCUT2D eigenvalue weighted by molar-refractivity contribution is 0.669. The fourth-order valence-electron chi connectivity index (χ4n) is 7.71. The van der Waals surface area contributed by atoms with E-state index in [0.717, 1.165) is 55.3 Å². The topological polar surface area (TPSA) is 51.8 Å². The quantitative estimate of drug-likeness (QED) is 0.171. The van der Waals surface area contributed by atoms with Gasteiger partial charge in [0.25, 0.3) is 0 Å². The molecule has 3 heterocycles. The van der Waals surface area contributed by atoms with Gasteiger partial charge in [0, 0.05) is 42.1 Å². The first-order valence-electron chi connectivity index (χ1n) is 18.7. The Bertz CT molecular complexity index is 3230. The number of thiophene rings is 1. The molecule has 4 nitrogen and oxygen atoms in total. The van der Waals surface area contributed by atoms with Gasteiger partial charge in [0.05, 0.1) is 5.56 Å². The predicted octanol–water partition coefficient (Wildman–Crippen LogP) is 14.1. The number of nitrogens with zero attached hydrogens (tertiary/aromatic N) is 3. The van der Waals surface area contributed by atoms with Crippen molar-refractivity contribution in [2.24, 2.45) is 0 Å². The highest BCUT2D eigenvalue weighted by Crippen LogP contribution is 2.41. The molecule has 0 fully saturated rings. The molecule has 0 atom stereocenters. The van der Waals surface area contributed by atoms with Gasteiger partial charge in [0.2, 0.25) is 0 Å². The molecule has 0 saturated heterocycles. The van der Waals surface area contributed by atoms with E-state index in [1.165, 1.54) is 36.9 Å². The van der Waals surface area contributed by atoms with Crippen LogP contribution in [-0.4, -0.2) is 15.0 Å². The Kier molecular flexibility index (Phi) is 7.64. The Hall–Kier alpha value is -7.21. The van der Waals surface area contributed by atoms with Crippen molar-refractivity contribution in [1.29, 1.82) is 0 Å². The zero-order valence-corrected chi connectivity index (χ0v) is 30.9. The Morgan fingerprint density at radius 3 is 1.39 bits per heavy atom. The van der Waals surface area contributed by atoms with E-state index in [9.17, 15) is 0 Å². The summed E-state index contributed by atoms with van der Waals surface area (Å²) in [7, 11) is 0. The number of rotatable bonds is 6. The van der Waals surface area contributed by atoms with E-state index in [1.54, 1.807) is 0 Å². The molecule has 0 N–H and O–H groups in total. The molecule has 262 valence electrons. The van der Waals surface area contributed by atoms with Gasteiger partial charge < -0.3 is 4.42 Å². The third kappa shape index (κ3) is 5.65. The van der Waals surface area contributed by atoms with Crippen LogP contribution in [0.3, 0.4) is 0 Å². The van der Waals surface area contributed by atoms with Crippen LogP contribution in [0.1, 0.15) is 0 Å². The van der Waals surface area contributed by atoms with Gasteiger partial charge in [-0.25, -0.2) is 15.0 Å². The summed E-state index contributed by atoms with van der Waals surface area (Å²) in [6.45, 7) is 0. The van der Waals surface area contributed by atoms with E-state index in [0.29, 0.717) is 17.5 Å². The first kappa shape index (κ1) is 32.2. The number of aromatic nitrogens is 3. The predicted molar refractivity (Wildman–Crippen MR) is 233 cm³/mol. The van der Waals surface area contributed by atoms with Crippen molar-refractivity contribution >= 4 is 53.4 Å². The minimum atomic E-state index is 0.565. The highest BCUT2D eigenvalue weighted by Gasteiger charge is 2.19. The van der Waals surface area contributed by atoms with Gasteiger partial charge in [0.15, 0.2) is 17.5 Å². The van der Waals surface area contributed by atoms with E-state index >= 15 is 0 Å². The Morgan fingerprint density at radius 1 is 0.321 bits per heavy atom. The summed E-state index contributed by atoms with van der Waals surface area (Å²) >= 11 is 1.84. The van der Waals surface area contributed by atoms with Crippen molar-refractivity contribution < 1.29 is 4.42 Å². The molecule has 0 aliphatic heterocycles. The van der Waals surface area contributed by atoms with E-state index in [2.05, 4.69) is 146 Å². The number of benzene rings is 8. The van der Waals surface area contributed by atoms with Crippen molar-refractivity contribution in [2.45, 2.75) is 0 Å². The number of fused-ring (bicyclic) bond motifs is 6. The maximum absolute atomic E-state index is 6.66. The molecule has 0 aliphatic carbocycles. The van der Waals surface area contributed by atoms with Crippen LogP contribution in [0.5, 0.6) is 0 Å². The van der Waals surface area contributed by atoms with E-state index < -0.39 is 0 Å². The van der Waals surface area contributed by atoms with Crippen LogP contribution in [0, 0.1) is 0 Å². The van der Waals surface area contributed by atoms with Gasteiger partial charge in [-0.15, -0.1) is 11.3 Å². The molecular weight excluding hydrogens is 703 g/mol. The molecule has 5 heteroatoms. The minimum Gasteiger partial charge on any atom is -0.455 e. The molecule has 0 unspecified atom stereocenters. The summed E-state index contributed by atoms with van der Waals surface area (Å²) in [5.41, 5.74) is 11.3. The summed E-state index contributed by atoms with van der Waals surface area (Å²) in [6, 6.07) is 65.8. The lowest BCUT2D eigenvalue weighted by atomic mass is 9.99. The molecule has 11 rings (SSSR count). The Balaban J connectivity index is 1.01. The van der Waals surface area contributed by atoms with E-state index in [-0.39, 0.29) is 0 Å². The molecule has 3 aromatic heterocycles. The third-order valence-electron chi connectivity index (χ3n) is 10.6. The van der Waals surface area contributed by atoms with Gasteiger partial charge in [0.1, 0.15) is 11.2 Å². The Morgan fingerprint density at radius 2 is 0.768 bits per heavy atom. The zero-order valence-electron chi connectivity index (χ0n) is 30.1. The number of hydrogen-bond acceptors (Lipinski definition) is 5. The summed E-state index contributed by atoms with van der Waals surface area (Å²) in [5.74, 6) is 1.78. The van der Waals surface area contributed by atoms with E-state index in [4.69, 9.17) is 19.4 Å². The van der Waals surface area contributed by atoms with Crippen LogP contribution in [0.25, 0.3) is 110 Å². The van der Waals surface area contributed by atoms with Crippen molar-refractivity contribution in [3.05, 3.63) is 188 Å². The maximum Gasteiger partial charge on any atom is 0.167 e. The zero-order chi connectivity index (χ0) is 37.0. The second kappa shape index (κ2) is 13.3. The van der Waals surface area contributed by atoms with Crippen molar-refractivity contribution in [3.8, 4) is 67.5 Å². The van der Waals surface area contributed by atoms with Crippen molar-refractivity contribution in [3.63, 3.8) is 0 Å². The lowest BCUT2D eigenvalue weighted by Gasteiger charge is -2.09. The number of para-hydroxylation sites is 1. The first-order chi connectivity index (χ1) is 27.7.